The Labute approximate surface area is 107 Å². The Balaban J connectivity index is 2.69. The van der Waals surface area contributed by atoms with E-state index in [0.717, 1.165) is 5.56 Å². The van der Waals surface area contributed by atoms with Crippen molar-refractivity contribution >= 4 is 12.0 Å². The van der Waals surface area contributed by atoms with E-state index in [1.807, 2.05) is 12.1 Å². The number of nitrogens with zero attached hydrogens (tertiary/aromatic N) is 2. The van der Waals surface area contributed by atoms with Crippen LogP contribution >= 0.6 is 0 Å². The van der Waals surface area contributed by atoms with Crippen LogP contribution < -0.4 is 0 Å². The number of aliphatic hydroxyl groups excluding tert-OH is 1. The van der Waals surface area contributed by atoms with Gasteiger partial charge in [-0.15, -0.1) is 0 Å². The molecule has 0 radical (unpaired) electrons. The van der Waals surface area contributed by atoms with Crippen molar-refractivity contribution in [1.29, 1.82) is 5.26 Å². The van der Waals surface area contributed by atoms with E-state index in [4.69, 9.17) is 5.26 Å². The molecular weight excluding hydrogens is 228 g/mol. The van der Waals surface area contributed by atoms with Crippen LogP contribution in [0.3, 0.4) is 0 Å². The number of hydrogen-bond acceptors (Lipinski definition) is 3. The summed E-state index contributed by atoms with van der Waals surface area (Å²) in [4.78, 5) is 13.1. The minimum Gasteiger partial charge on any atom is -0.392 e. The quantitative estimate of drug-likeness (QED) is 0.814. The molecule has 1 aromatic rings. The zero-order valence-electron chi connectivity index (χ0n) is 10.5. The standard InChI is InChI=1S/C14H16N2O2/c1-11(17)10-16(2)14(18)7-6-12-4-3-5-13(8-12)9-15/h3-8,11,17H,10H2,1-2H3. The van der Waals surface area contributed by atoms with E-state index in [9.17, 15) is 9.90 Å². The van der Waals surface area contributed by atoms with E-state index in [1.165, 1.54) is 11.0 Å². The molecule has 4 heteroatoms. The van der Waals surface area contributed by atoms with Gasteiger partial charge in [0.05, 0.1) is 17.7 Å². The third kappa shape index (κ3) is 4.40. The van der Waals surface area contributed by atoms with E-state index in [0.29, 0.717) is 12.1 Å². The van der Waals surface area contributed by atoms with Gasteiger partial charge in [0.1, 0.15) is 0 Å². The van der Waals surface area contributed by atoms with Crippen LogP contribution in [0.2, 0.25) is 0 Å². The molecule has 1 N–H and O–H groups in total. The summed E-state index contributed by atoms with van der Waals surface area (Å²) >= 11 is 0. The first-order chi connectivity index (χ1) is 8.52. The molecule has 1 rings (SSSR count). The summed E-state index contributed by atoms with van der Waals surface area (Å²) < 4.78 is 0. The predicted molar refractivity (Wildman–Crippen MR) is 69.5 cm³/mol. The Hall–Kier alpha value is -2.12. The lowest BCUT2D eigenvalue weighted by atomic mass is 10.1. The van der Waals surface area contributed by atoms with Gasteiger partial charge in [0, 0.05) is 19.7 Å². The van der Waals surface area contributed by atoms with Crippen LogP contribution in [0.15, 0.2) is 30.3 Å². The van der Waals surface area contributed by atoms with Crippen molar-refractivity contribution in [2.75, 3.05) is 13.6 Å². The van der Waals surface area contributed by atoms with E-state index in [2.05, 4.69) is 0 Å². The minimum atomic E-state index is -0.547. The maximum absolute atomic E-state index is 11.7. The third-order valence-corrected chi connectivity index (χ3v) is 2.35. The summed E-state index contributed by atoms with van der Waals surface area (Å²) in [5.41, 5.74) is 1.36. The average Bonchev–Trinajstić information content (AvgIpc) is 2.35. The first-order valence-electron chi connectivity index (χ1n) is 5.64. The highest BCUT2D eigenvalue weighted by Crippen LogP contribution is 2.06. The molecule has 18 heavy (non-hydrogen) atoms. The number of carbonyl (C=O) groups is 1. The lowest BCUT2D eigenvalue weighted by Gasteiger charge is -2.16. The third-order valence-electron chi connectivity index (χ3n) is 2.35. The minimum absolute atomic E-state index is 0.182. The monoisotopic (exact) mass is 244 g/mol. The molecule has 0 heterocycles. The molecule has 0 saturated heterocycles. The predicted octanol–water partition coefficient (Wildman–Crippen LogP) is 1.41. The summed E-state index contributed by atoms with van der Waals surface area (Å²) in [6.45, 7) is 1.92. The molecule has 1 atom stereocenters. The van der Waals surface area contributed by atoms with Gasteiger partial charge < -0.3 is 10.0 Å². The van der Waals surface area contributed by atoms with Crippen molar-refractivity contribution in [3.05, 3.63) is 41.5 Å². The molecule has 94 valence electrons. The summed E-state index contributed by atoms with van der Waals surface area (Å²) in [6, 6.07) is 9.04. The Morgan fingerprint density at radius 2 is 2.33 bits per heavy atom. The second kappa shape index (κ2) is 6.58. The molecule has 0 bridgehead atoms. The molecule has 0 aliphatic rings. The Kier molecular flexibility index (Phi) is 5.09. The summed E-state index contributed by atoms with van der Waals surface area (Å²) in [7, 11) is 1.63. The largest absolute Gasteiger partial charge is 0.392 e. The number of aliphatic hydroxyl groups is 1. The maximum atomic E-state index is 11.7. The molecule has 0 fully saturated rings. The molecule has 0 saturated carbocycles. The molecule has 1 unspecified atom stereocenters. The lowest BCUT2D eigenvalue weighted by molar-refractivity contribution is -0.125. The Bertz CT molecular complexity index is 487. The first-order valence-corrected chi connectivity index (χ1v) is 5.64. The van der Waals surface area contributed by atoms with Gasteiger partial charge in [0.15, 0.2) is 0 Å². The van der Waals surface area contributed by atoms with Crippen LogP contribution in [0.5, 0.6) is 0 Å². The number of nitriles is 1. The van der Waals surface area contributed by atoms with Crippen molar-refractivity contribution in [3.63, 3.8) is 0 Å². The normalized spacial score (nSPS) is 12.1. The molecule has 0 aliphatic heterocycles. The van der Waals surface area contributed by atoms with Gasteiger partial charge in [0.25, 0.3) is 0 Å². The van der Waals surface area contributed by atoms with Crippen LogP contribution in [0.4, 0.5) is 0 Å². The number of hydrogen-bond donors (Lipinski definition) is 1. The van der Waals surface area contributed by atoms with Gasteiger partial charge in [-0.25, -0.2) is 0 Å². The lowest BCUT2D eigenvalue weighted by Crippen LogP contribution is -2.31. The van der Waals surface area contributed by atoms with E-state index < -0.39 is 6.10 Å². The summed E-state index contributed by atoms with van der Waals surface area (Å²) in [5, 5.41) is 17.9. The molecule has 4 nitrogen and oxygen atoms in total. The number of carbonyl (C=O) groups excluding carboxylic acids is 1. The molecule has 1 amide bonds. The highest BCUT2D eigenvalue weighted by molar-refractivity contribution is 5.91. The van der Waals surface area contributed by atoms with E-state index in [-0.39, 0.29) is 5.91 Å². The zero-order chi connectivity index (χ0) is 13.5. The molecule has 0 spiro atoms. The van der Waals surface area contributed by atoms with Crippen LogP contribution in [-0.4, -0.2) is 35.6 Å². The molecule has 0 aliphatic carbocycles. The maximum Gasteiger partial charge on any atom is 0.246 e. The number of amides is 1. The smallest absolute Gasteiger partial charge is 0.246 e. The number of rotatable bonds is 4. The Morgan fingerprint density at radius 1 is 1.61 bits per heavy atom. The van der Waals surface area contributed by atoms with Crippen molar-refractivity contribution in [2.45, 2.75) is 13.0 Å². The topological polar surface area (TPSA) is 64.3 Å². The van der Waals surface area contributed by atoms with Gasteiger partial charge in [-0.05, 0) is 30.7 Å². The Morgan fingerprint density at radius 3 is 2.94 bits per heavy atom. The van der Waals surface area contributed by atoms with Crippen molar-refractivity contribution < 1.29 is 9.90 Å². The van der Waals surface area contributed by atoms with Gasteiger partial charge in [-0.1, -0.05) is 12.1 Å². The SMILES string of the molecule is CC(O)CN(C)C(=O)C=Cc1cccc(C#N)c1. The fourth-order valence-electron chi connectivity index (χ4n) is 1.49. The van der Waals surface area contributed by atoms with Crippen molar-refractivity contribution in [2.24, 2.45) is 0 Å². The first kappa shape index (κ1) is 13.9. The summed E-state index contributed by atoms with van der Waals surface area (Å²) in [6.07, 6.45) is 2.54. The highest BCUT2D eigenvalue weighted by atomic mass is 16.3. The van der Waals surface area contributed by atoms with Crippen molar-refractivity contribution in [3.8, 4) is 6.07 Å². The van der Waals surface area contributed by atoms with Crippen LogP contribution in [0.25, 0.3) is 6.08 Å². The van der Waals surface area contributed by atoms with Gasteiger partial charge in [-0.2, -0.15) is 5.26 Å². The second-order valence-corrected chi connectivity index (χ2v) is 4.14. The van der Waals surface area contributed by atoms with Crippen LogP contribution in [-0.2, 0) is 4.79 Å². The van der Waals surface area contributed by atoms with Gasteiger partial charge in [-0.3, -0.25) is 4.79 Å². The van der Waals surface area contributed by atoms with E-state index >= 15 is 0 Å². The molecule has 1 aromatic carbocycles. The number of benzene rings is 1. The highest BCUT2D eigenvalue weighted by Gasteiger charge is 2.07. The summed E-state index contributed by atoms with van der Waals surface area (Å²) in [5.74, 6) is -0.182. The van der Waals surface area contributed by atoms with Gasteiger partial charge in [0.2, 0.25) is 5.91 Å². The van der Waals surface area contributed by atoms with Crippen molar-refractivity contribution in [1.82, 2.24) is 4.90 Å². The fraction of sp³-hybridized carbons (Fsp3) is 0.286. The molecular formula is C14H16N2O2. The zero-order valence-corrected chi connectivity index (χ0v) is 10.5. The van der Waals surface area contributed by atoms with Crippen LogP contribution in [0, 0.1) is 11.3 Å². The molecule has 0 aromatic heterocycles. The van der Waals surface area contributed by atoms with E-state index in [1.54, 1.807) is 38.2 Å². The average molecular weight is 244 g/mol. The second-order valence-electron chi connectivity index (χ2n) is 4.14. The fourth-order valence-corrected chi connectivity index (χ4v) is 1.49. The van der Waals surface area contributed by atoms with Gasteiger partial charge >= 0.3 is 0 Å². The number of likely N-dealkylation sites (N-methyl/N-ethyl adjacent to an activating group) is 1. The van der Waals surface area contributed by atoms with Crippen LogP contribution in [0.1, 0.15) is 18.1 Å².